The molecule has 8 heteroatoms. The Kier molecular flexibility index (Phi) is 6.36. The number of esters is 1. The molecule has 0 unspecified atom stereocenters. The Balaban J connectivity index is 1.95. The van der Waals surface area contributed by atoms with Crippen molar-refractivity contribution in [1.29, 1.82) is 0 Å². The minimum atomic E-state index is -0.576. The largest absolute Gasteiger partial charge is 0.466 e. The topological polar surface area (TPSA) is 105 Å². The minimum Gasteiger partial charge on any atom is -0.466 e. The van der Waals surface area contributed by atoms with Crippen LogP contribution in [0.1, 0.15) is 24.9 Å². The summed E-state index contributed by atoms with van der Waals surface area (Å²) in [5, 5.41) is 9.85. The zero-order valence-corrected chi connectivity index (χ0v) is 13.7. The number of carbonyl (C=O) groups excluding carboxylic acids is 2. The van der Waals surface area contributed by atoms with E-state index in [2.05, 4.69) is 16.5 Å². The van der Waals surface area contributed by atoms with Gasteiger partial charge in [0.1, 0.15) is 18.9 Å². The van der Waals surface area contributed by atoms with Crippen molar-refractivity contribution in [2.45, 2.75) is 38.3 Å². The van der Waals surface area contributed by atoms with E-state index in [-0.39, 0.29) is 31.6 Å². The Morgan fingerprint density at radius 3 is 3.04 bits per heavy atom. The highest BCUT2D eigenvalue weighted by Crippen LogP contribution is 2.22. The summed E-state index contributed by atoms with van der Waals surface area (Å²) in [5.41, 5.74) is 0.787. The van der Waals surface area contributed by atoms with Crippen LogP contribution in [0.3, 0.4) is 0 Å². The number of β-amino-alcohol motifs (C(OH)–C–C–N with tert-alkyl or cyclic N) is 1. The van der Waals surface area contributed by atoms with Crippen LogP contribution in [0.5, 0.6) is 0 Å². The van der Waals surface area contributed by atoms with Crippen LogP contribution in [-0.4, -0.2) is 63.9 Å². The van der Waals surface area contributed by atoms with E-state index in [9.17, 15) is 14.7 Å². The summed E-state index contributed by atoms with van der Waals surface area (Å²) in [7, 11) is 0. The molecule has 2 heterocycles. The van der Waals surface area contributed by atoms with Gasteiger partial charge in [0.25, 0.3) is 0 Å². The molecular formula is C16H23N3O5. The number of likely N-dealkylation sites (tertiary alicyclic amines) is 1. The summed E-state index contributed by atoms with van der Waals surface area (Å²) >= 11 is 0. The van der Waals surface area contributed by atoms with Gasteiger partial charge in [-0.3, -0.25) is 4.79 Å². The Morgan fingerprint density at radius 2 is 2.33 bits per heavy atom. The van der Waals surface area contributed by atoms with E-state index in [1.54, 1.807) is 13.1 Å². The van der Waals surface area contributed by atoms with Crippen molar-refractivity contribution in [2.75, 3.05) is 19.8 Å². The average Bonchev–Trinajstić information content (AvgIpc) is 3.12. The van der Waals surface area contributed by atoms with E-state index in [0.717, 1.165) is 5.69 Å². The summed E-state index contributed by atoms with van der Waals surface area (Å²) in [6.07, 6.45) is 3.12. The maximum atomic E-state index is 12.0. The highest BCUT2D eigenvalue weighted by Gasteiger charge is 2.35. The maximum Gasteiger partial charge on any atom is 0.410 e. The summed E-state index contributed by atoms with van der Waals surface area (Å²) in [5.74, 6) is 0.173. The number of imidazole rings is 1. The molecule has 0 radical (unpaired) electrons. The molecule has 1 fully saturated rings. The molecule has 132 valence electrons. The number of carbonyl (C=O) groups is 2. The number of aromatic amines is 1. The number of amides is 1. The number of ether oxygens (including phenoxy) is 2. The first-order chi connectivity index (χ1) is 11.5. The number of nitrogens with zero attached hydrogens (tertiary/aromatic N) is 2. The number of hydrogen-bond acceptors (Lipinski definition) is 6. The molecule has 2 atom stereocenters. The molecule has 1 aromatic rings. The summed E-state index contributed by atoms with van der Waals surface area (Å²) < 4.78 is 9.93. The Bertz CT molecular complexity index is 586. The van der Waals surface area contributed by atoms with Crippen molar-refractivity contribution >= 4 is 12.1 Å². The highest BCUT2D eigenvalue weighted by molar-refractivity contribution is 5.71. The first-order valence-electron chi connectivity index (χ1n) is 7.94. The molecule has 0 spiro atoms. The smallest absolute Gasteiger partial charge is 0.410 e. The SMILES string of the molecule is C=CCOC(=O)N1C[C@H](O)C[C@H]1Cc1cnc(CC(=O)OCC)[nH]1. The number of aliphatic hydroxyl groups is 1. The number of nitrogens with one attached hydrogen (secondary N) is 1. The first-order valence-corrected chi connectivity index (χ1v) is 7.94. The lowest BCUT2D eigenvalue weighted by Crippen LogP contribution is -2.37. The van der Waals surface area contributed by atoms with Crippen molar-refractivity contribution in [3.63, 3.8) is 0 Å². The molecule has 24 heavy (non-hydrogen) atoms. The lowest BCUT2D eigenvalue weighted by atomic mass is 10.1. The molecule has 8 nitrogen and oxygen atoms in total. The van der Waals surface area contributed by atoms with Crippen molar-refractivity contribution < 1.29 is 24.2 Å². The van der Waals surface area contributed by atoms with Crippen molar-refractivity contribution in [3.05, 3.63) is 30.4 Å². The lowest BCUT2D eigenvalue weighted by Gasteiger charge is -2.22. The second-order valence-corrected chi connectivity index (χ2v) is 5.60. The van der Waals surface area contributed by atoms with E-state index in [1.807, 2.05) is 0 Å². The van der Waals surface area contributed by atoms with E-state index in [1.165, 1.54) is 11.0 Å². The fourth-order valence-electron chi connectivity index (χ4n) is 2.72. The third-order valence-electron chi connectivity index (χ3n) is 3.71. The Morgan fingerprint density at radius 1 is 1.54 bits per heavy atom. The van der Waals surface area contributed by atoms with Crippen LogP contribution in [0.15, 0.2) is 18.9 Å². The standard InChI is InChI=1S/C16H23N3O5/c1-3-5-24-16(22)19-10-13(20)7-12(19)6-11-9-17-14(18-11)8-15(21)23-4-2/h3,9,12-13,20H,1,4-8,10H2,2H3,(H,17,18)/t12-,13-/m1/s1. The van der Waals surface area contributed by atoms with E-state index in [4.69, 9.17) is 9.47 Å². The van der Waals surface area contributed by atoms with Crippen LogP contribution in [0, 0.1) is 0 Å². The van der Waals surface area contributed by atoms with E-state index < -0.39 is 12.2 Å². The number of H-pyrrole nitrogens is 1. The van der Waals surface area contributed by atoms with E-state index >= 15 is 0 Å². The molecule has 0 aromatic carbocycles. The summed E-state index contributed by atoms with van der Waals surface area (Å²) in [6.45, 7) is 5.95. The highest BCUT2D eigenvalue weighted by atomic mass is 16.6. The quantitative estimate of drug-likeness (QED) is 0.564. The van der Waals surface area contributed by atoms with Crippen LogP contribution >= 0.6 is 0 Å². The molecule has 2 N–H and O–H groups in total. The van der Waals surface area contributed by atoms with Crippen molar-refractivity contribution in [2.24, 2.45) is 0 Å². The monoisotopic (exact) mass is 337 g/mol. The molecule has 1 aliphatic heterocycles. The van der Waals surface area contributed by atoms with Crippen molar-refractivity contribution in [3.8, 4) is 0 Å². The van der Waals surface area contributed by atoms with Crippen LogP contribution in [0.4, 0.5) is 4.79 Å². The first kappa shape index (κ1) is 18.0. The summed E-state index contributed by atoms with van der Waals surface area (Å²) in [6, 6.07) is -0.187. The lowest BCUT2D eigenvalue weighted by molar-refractivity contribution is -0.142. The molecule has 1 aliphatic rings. The predicted octanol–water partition coefficient (Wildman–Crippen LogP) is 0.816. The van der Waals surface area contributed by atoms with Gasteiger partial charge in [0.05, 0.1) is 19.3 Å². The molecule has 0 saturated carbocycles. The molecule has 2 rings (SSSR count). The predicted molar refractivity (Wildman–Crippen MR) is 85.3 cm³/mol. The number of aromatic nitrogens is 2. The third-order valence-corrected chi connectivity index (χ3v) is 3.71. The van der Waals surface area contributed by atoms with Gasteiger partial charge in [-0.05, 0) is 13.3 Å². The van der Waals surface area contributed by atoms with Gasteiger partial charge < -0.3 is 24.5 Å². The van der Waals surface area contributed by atoms with E-state index in [0.29, 0.717) is 25.3 Å². The van der Waals surface area contributed by atoms with Gasteiger partial charge in [0.15, 0.2) is 0 Å². The second kappa shape index (κ2) is 8.49. The van der Waals surface area contributed by atoms with Gasteiger partial charge in [-0.2, -0.15) is 0 Å². The van der Waals surface area contributed by atoms with Crippen molar-refractivity contribution in [1.82, 2.24) is 14.9 Å². The number of rotatable bonds is 7. The van der Waals surface area contributed by atoms with Crippen LogP contribution in [0.25, 0.3) is 0 Å². The zero-order chi connectivity index (χ0) is 17.5. The average molecular weight is 337 g/mol. The van der Waals surface area contributed by atoms with Crippen LogP contribution < -0.4 is 0 Å². The van der Waals surface area contributed by atoms with Gasteiger partial charge >= 0.3 is 12.1 Å². The fraction of sp³-hybridized carbons (Fsp3) is 0.562. The summed E-state index contributed by atoms with van der Waals surface area (Å²) in [4.78, 5) is 32.2. The Labute approximate surface area is 140 Å². The molecule has 0 aliphatic carbocycles. The maximum absolute atomic E-state index is 12.0. The van der Waals surface area contributed by atoms with Gasteiger partial charge in [-0.1, -0.05) is 12.7 Å². The number of aliphatic hydroxyl groups excluding tert-OH is 1. The molecule has 1 amide bonds. The fourth-order valence-corrected chi connectivity index (χ4v) is 2.72. The van der Waals surface area contributed by atoms with Gasteiger partial charge in [0.2, 0.25) is 0 Å². The Hall–Kier alpha value is -2.35. The molecular weight excluding hydrogens is 314 g/mol. The minimum absolute atomic E-state index is 0.0756. The zero-order valence-electron chi connectivity index (χ0n) is 13.7. The molecule has 1 saturated heterocycles. The van der Waals surface area contributed by atoms with Gasteiger partial charge in [-0.25, -0.2) is 9.78 Å². The number of hydrogen-bond donors (Lipinski definition) is 2. The van der Waals surface area contributed by atoms with Crippen LogP contribution in [0.2, 0.25) is 0 Å². The molecule has 0 bridgehead atoms. The van der Waals surface area contributed by atoms with Gasteiger partial charge in [0, 0.05) is 24.4 Å². The molecule has 1 aromatic heterocycles. The second-order valence-electron chi connectivity index (χ2n) is 5.60. The third kappa shape index (κ3) is 4.82. The van der Waals surface area contributed by atoms with Crippen LogP contribution in [-0.2, 0) is 27.1 Å². The normalized spacial score (nSPS) is 20.0. The van der Waals surface area contributed by atoms with Gasteiger partial charge in [-0.15, -0.1) is 0 Å².